The van der Waals surface area contributed by atoms with Crippen LogP contribution in [0.3, 0.4) is 0 Å². The average molecular weight is 274 g/mol. The number of hydrogen-bond acceptors (Lipinski definition) is 4. The molecule has 17 heavy (non-hydrogen) atoms. The first-order valence-corrected chi connectivity index (χ1v) is 8.45. The Kier molecular flexibility index (Phi) is 3.87. The van der Waals surface area contributed by atoms with Gasteiger partial charge in [0.25, 0.3) is 0 Å². The van der Waals surface area contributed by atoms with Crippen LogP contribution in [0.25, 0.3) is 0 Å². The van der Waals surface area contributed by atoms with Gasteiger partial charge in [0.1, 0.15) is 0 Å². The van der Waals surface area contributed by atoms with Crippen molar-refractivity contribution in [2.45, 2.75) is 50.6 Å². The number of Topliss-reactive ketones (excluding diaryl/α,β-unsaturated/α-hetero) is 1. The molecule has 2 rings (SSSR count). The molecule has 4 heteroatoms. The van der Waals surface area contributed by atoms with Gasteiger partial charge in [-0.1, -0.05) is 0 Å². The lowest BCUT2D eigenvalue weighted by atomic mass is 9.83. The lowest BCUT2D eigenvalue weighted by Gasteiger charge is -2.29. The molecule has 0 radical (unpaired) electrons. The highest BCUT2D eigenvalue weighted by atomic mass is 32.2. The Morgan fingerprint density at radius 1 is 1.24 bits per heavy atom. The average Bonchev–Trinajstić information content (AvgIpc) is 2.47. The first-order valence-electron chi connectivity index (χ1n) is 6.25. The third-order valence-corrected chi connectivity index (χ3v) is 6.32. The van der Waals surface area contributed by atoms with Crippen LogP contribution in [0.5, 0.6) is 0 Å². The molecule has 2 saturated heterocycles. The molecule has 0 aromatic heterocycles. The Balaban J connectivity index is 2.08. The van der Waals surface area contributed by atoms with E-state index in [4.69, 9.17) is 4.74 Å². The Labute approximate surface area is 113 Å². The third kappa shape index (κ3) is 3.02. The molecule has 0 aromatic carbocycles. The van der Waals surface area contributed by atoms with Gasteiger partial charge in [0.15, 0.2) is 5.78 Å². The Morgan fingerprint density at radius 2 is 1.94 bits per heavy atom. The van der Waals surface area contributed by atoms with Gasteiger partial charge in [-0.3, -0.25) is 4.79 Å². The summed E-state index contributed by atoms with van der Waals surface area (Å²) in [5.41, 5.74) is -0.459. The van der Waals surface area contributed by atoms with Crippen molar-refractivity contribution in [2.24, 2.45) is 5.92 Å². The smallest absolute Gasteiger partial charge is 0.152 e. The Morgan fingerprint density at radius 3 is 2.41 bits per heavy atom. The number of ether oxygens (including phenoxy) is 1. The Bertz CT molecular complexity index is 307. The maximum Gasteiger partial charge on any atom is 0.152 e. The summed E-state index contributed by atoms with van der Waals surface area (Å²) in [5.74, 6) is 3.76. The van der Waals surface area contributed by atoms with Gasteiger partial charge in [-0.2, -0.15) is 11.8 Å². The van der Waals surface area contributed by atoms with Gasteiger partial charge in [-0.25, -0.2) is 0 Å². The van der Waals surface area contributed by atoms with Gasteiger partial charge in [-0.05, 0) is 34.1 Å². The van der Waals surface area contributed by atoms with E-state index >= 15 is 0 Å². The molecule has 2 aliphatic heterocycles. The summed E-state index contributed by atoms with van der Waals surface area (Å²) in [5, 5.41) is 0.190. The van der Waals surface area contributed by atoms with Crippen molar-refractivity contribution in [3.8, 4) is 0 Å². The minimum atomic E-state index is -0.302. The molecule has 0 spiro atoms. The maximum atomic E-state index is 12.6. The normalized spacial score (nSPS) is 35.8. The molecule has 0 bridgehead atoms. The molecule has 0 saturated carbocycles. The summed E-state index contributed by atoms with van der Waals surface area (Å²) >= 11 is 3.74. The molecular weight excluding hydrogens is 252 g/mol. The van der Waals surface area contributed by atoms with Crippen LogP contribution in [0.1, 0.15) is 34.1 Å². The highest BCUT2D eigenvalue weighted by Crippen LogP contribution is 2.44. The summed E-state index contributed by atoms with van der Waals surface area (Å²) in [7, 11) is 0. The van der Waals surface area contributed by atoms with Crippen molar-refractivity contribution in [2.75, 3.05) is 17.3 Å². The number of ketones is 1. The van der Waals surface area contributed by atoms with E-state index < -0.39 is 0 Å². The van der Waals surface area contributed by atoms with E-state index in [1.54, 1.807) is 0 Å². The molecule has 2 nitrogen and oxygen atoms in total. The van der Waals surface area contributed by atoms with Crippen molar-refractivity contribution < 1.29 is 9.53 Å². The lowest BCUT2D eigenvalue weighted by Crippen LogP contribution is -2.39. The van der Waals surface area contributed by atoms with Gasteiger partial charge in [-0.15, -0.1) is 11.8 Å². The number of carbonyl (C=O) groups excluding carboxylic acids is 1. The molecule has 2 fully saturated rings. The van der Waals surface area contributed by atoms with Gasteiger partial charge < -0.3 is 4.74 Å². The van der Waals surface area contributed by atoms with Gasteiger partial charge in [0, 0.05) is 17.3 Å². The van der Waals surface area contributed by atoms with Crippen molar-refractivity contribution in [3.05, 3.63) is 0 Å². The van der Waals surface area contributed by atoms with Gasteiger partial charge >= 0.3 is 0 Å². The number of hydrogen-bond donors (Lipinski definition) is 0. The highest BCUT2D eigenvalue weighted by molar-refractivity contribution is 8.07. The van der Waals surface area contributed by atoms with Crippen LogP contribution in [0.2, 0.25) is 0 Å². The van der Waals surface area contributed by atoms with E-state index in [9.17, 15) is 4.79 Å². The molecule has 0 aliphatic carbocycles. The number of thioether (sulfide) groups is 2. The van der Waals surface area contributed by atoms with Crippen molar-refractivity contribution in [1.29, 1.82) is 0 Å². The quantitative estimate of drug-likeness (QED) is 0.773. The van der Waals surface area contributed by atoms with Crippen molar-refractivity contribution in [3.63, 3.8) is 0 Å². The molecule has 0 aromatic rings. The SMILES string of the molecule is CC1(C)CC(C(=O)C2CSCCS2)C(C)(C)O1. The van der Waals surface area contributed by atoms with Crippen LogP contribution in [-0.4, -0.2) is 39.5 Å². The summed E-state index contributed by atoms with van der Waals surface area (Å²) in [6.45, 7) is 8.30. The lowest BCUT2D eigenvalue weighted by molar-refractivity contribution is -0.128. The van der Waals surface area contributed by atoms with Crippen LogP contribution in [-0.2, 0) is 9.53 Å². The predicted molar refractivity (Wildman–Crippen MR) is 75.9 cm³/mol. The second-order valence-electron chi connectivity index (χ2n) is 6.06. The predicted octanol–water partition coefficient (Wildman–Crippen LogP) is 3.00. The summed E-state index contributed by atoms with van der Waals surface area (Å²) in [6, 6.07) is 0. The largest absolute Gasteiger partial charge is 0.369 e. The number of carbonyl (C=O) groups is 1. The second kappa shape index (κ2) is 4.78. The molecule has 98 valence electrons. The zero-order valence-electron chi connectivity index (χ0n) is 11.1. The minimum absolute atomic E-state index is 0.0636. The summed E-state index contributed by atoms with van der Waals surface area (Å²) in [6.07, 6.45) is 0.862. The monoisotopic (exact) mass is 274 g/mol. The second-order valence-corrected chi connectivity index (χ2v) is 8.52. The minimum Gasteiger partial charge on any atom is -0.369 e. The van der Waals surface area contributed by atoms with Crippen molar-refractivity contribution in [1.82, 2.24) is 0 Å². The van der Waals surface area contributed by atoms with Crippen LogP contribution in [0, 0.1) is 5.92 Å². The van der Waals surface area contributed by atoms with Crippen LogP contribution in [0.15, 0.2) is 0 Å². The number of rotatable bonds is 2. The van der Waals surface area contributed by atoms with E-state index in [-0.39, 0.29) is 22.4 Å². The third-order valence-electron chi connectivity index (χ3n) is 3.55. The molecule has 2 unspecified atom stereocenters. The first-order chi connectivity index (χ1) is 7.82. The van der Waals surface area contributed by atoms with Crippen LogP contribution in [0.4, 0.5) is 0 Å². The summed E-state index contributed by atoms with van der Waals surface area (Å²) < 4.78 is 6.02. The van der Waals surface area contributed by atoms with Crippen LogP contribution >= 0.6 is 23.5 Å². The first kappa shape index (κ1) is 13.8. The molecular formula is C13H22O2S2. The molecule has 2 heterocycles. The van der Waals surface area contributed by atoms with Gasteiger partial charge in [0.2, 0.25) is 0 Å². The standard InChI is InChI=1S/C13H22O2S2/c1-12(2)7-9(13(3,4)15-12)11(14)10-8-16-5-6-17-10/h9-10H,5-8H2,1-4H3. The molecule has 0 amide bonds. The van der Waals surface area contributed by atoms with Crippen molar-refractivity contribution >= 4 is 29.3 Å². The fourth-order valence-electron chi connectivity index (χ4n) is 2.88. The summed E-state index contributed by atoms with van der Waals surface area (Å²) in [4.78, 5) is 12.6. The molecule has 2 atom stereocenters. The van der Waals surface area contributed by atoms with E-state index in [1.165, 1.54) is 5.75 Å². The van der Waals surface area contributed by atoms with E-state index in [2.05, 4.69) is 27.7 Å². The zero-order chi connectivity index (χ0) is 12.7. The topological polar surface area (TPSA) is 26.3 Å². The van der Waals surface area contributed by atoms with Crippen LogP contribution < -0.4 is 0 Å². The fraction of sp³-hybridized carbons (Fsp3) is 0.923. The van der Waals surface area contributed by atoms with E-state index in [0.29, 0.717) is 5.78 Å². The molecule has 2 aliphatic rings. The molecule has 0 N–H and O–H groups in total. The maximum absolute atomic E-state index is 12.6. The van der Waals surface area contributed by atoms with Gasteiger partial charge in [0.05, 0.1) is 22.4 Å². The zero-order valence-corrected chi connectivity index (χ0v) is 12.7. The Hall–Kier alpha value is 0.330. The van der Waals surface area contributed by atoms with E-state index in [0.717, 1.165) is 17.9 Å². The fourth-order valence-corrected chi connectivity index (χ4v) is 5.57. The van der Waals surface area contributed by atoms with E-state index in [1.807, 2.05) is 23.5 Å². The highest BCUT2D eigenvalue weighted by Gasteiger charge is 2.50.